The van der Waals surface area contributed by atoms with Crippen molar-refractivity contribution in [2.45, 2.75) is 57.6 Å². The van der Waals surface area contributed by atoms with Gasteiger partial charge in [-0.2, -0.15) is 0 Å². The lowest BCUT2D eigenvalue weighted by molar-refractivity contribution is -0.140. The molecule has 0 spiro atoms. The topological polar surface area (TPSA) is 96.0 Å². The van der Waals surface area contributed by atoms with Gasteiger partial charge in [0.25, 0.3) is 10.0 Å². The Labute approximate surface area is 246 Å². The maximum absolute atomic E-state index is 14.7. The number of hydrogen-bond donors (Lipinski definition) is 1. The summed E-state index contributed by atoms with van der Waals surface area (Å²) >= 11 is 5.98. The molecule has 2 amide bonds. The van der Waals surface area contributed by atoms with Gasteiger partial charge in [0.2, 0.25) is 11.8 Å². The average molecular weight is 604 g/mol. The Morgan fingerprint density at radius 2 is 1.61 bits per heavy atom. The molecule has 1 N–H and O–H groups in total. The van der Waals surface area contributed by atoms with Crippen LogP contribution in [0.2, 0.25) is 5.02 Å². The summed E-state index contributed by atoms with van der Waals surface area (Å²) in [5.41, 5.74) is -0.205. The van der Waals surface area contributed by atoms with Crippen molar-refractivity contribution >= 4 is 39.1 Å². The van der Waals surface area contributed by atoms with E-state index in [1.54, 1.807) is 39.0 Å². The second-order valence-corrected chi connectivity index (χ2v) is 12.7. The summed E-state index contributed by atoms with van der Waals surface area (Å²) in [6.07, 6.45) is 0. The van der Waals surface area contributed by atoms with Crippen LogP contribution in [0.25, 0.3) is 0 Å². The summed E-state index contributed by atoms with van der Waals surface area (Å²) in [6.45, 7) is 8.26. The third-order valence-electron chi connectivity index (χ3n) is 6.08. The predicted molar refractivity (Wildman–Crippen MR) is 158 cm³/mol. The lowest BCUT2D eigenvalue weighted by atomic mass is 10.1. The molecule has 11 heteroatoms. The van der Waals surface area contributed by atoms with E-state index in [0.29, 0.717) is 17.4 Å². The molecule has 1 atom stereocenters. The van der Waals surface area contributed by atoms with Crippen molar-refractivity contribution in [3.63, 3.8) is 0 Å². The summed E-state index contributed by atoms with van der Waals surface area (Å²) < 4.78 is 48.8. The van der Waals surface area contributed by atoms with E-state index in [1.807, 2.05) is 6.92 Å². The Morgan fingerprint density at radius 3 is 2.17 bits per heavy atom. The fraction of sp³-hybridized carbons (Fsp3) is 0.333. The van der Waals surface area contributed by atoms with Crippen molar-refractivity contribution in [2.24, 2.45) is 0 Å². The smallest absolute Gasteiger partial charge is 0.264 e. The molecule has 220 valence electrons. The lowest BCUT2D eigenvalue weighted by Crippen LogP contribution is -2.54. The monoisotopic (exact) mass is 603 g/mol. The molecule has 0 fully saturated rings. The standard InChI is InChI=1S/C30H35ClFN3O5S/c1-6-40-25-15-13-24(14-16-25)35(41(38,39)26-17-11-23(31)12-18-26)20-28(36)34(19-22-9-7-8-10-27(22)32)21(2)29(37)33-30(3,4)5/h7-18,21H,6,19-20H2,1-5H3,(H,33,37)/t21-/m1/s1. The van der Waals surface area contributed by atoms with Gasteiger partial charge in [0.1, 0.15) is 24.2 Å². The minimum atomic E-state index is -4.27. The normalized spacial score (nSPS) is 12.4. The first kappa shape index (κ1) is 31.9. The number of benzene rings is 3. The molecule has 0 aliphatic carbocycles. The number of nitrogens with zero attached hydrogens (tertiary/aromatic N) is 2. The lowest BCUT2D eigenvalue weighted by Gasteiger charge is -2.33. The molecule has 0 radical (unpaired) electrons. The van der Waals surface area contributed by atoms with Crippen LogP contribution in [-0.4, -0.2) is 49.9 Å². The zero-order valence-electron chi connectivity index (χ0n) is 23.7. The molecule has 3 aromatic carbocycles. The summed E-state index contributed by atoms with van der Waals surface area (Å²) in [6, 6.07) is 16.7. The number of amides is 2. The number of carbonyl (C=O) groups excluding carboxylic acids is 2. The van der Waals surface area contributed by atoms with E-state index in [1.165, 1.54) is 66.4 Å². The van der Waals surface area contributed by atoms with Crippen LogP contribution in [0, 0.1) is 5.82 Å². The third kappa shape index (κ3) is 8.43. The van der Waals surface area contributed by atoms with Crippen LogP contribution in [0.3, 0.4) is 0 Å². The SMILES string of the molecule is CCOc1ccc(N(CC(=O)N(Cc2ccccc2F)[C@H](C)C(=O)NC(C)(C)C)S(=O)(=O)c2ccc(Cl)cc2)cc1. The van der Waals surface area contributed by atoms with Crippen LogP contribution in [-0.2, 0) is 26.2 Å². The van der Waals surface area contributed by atoms with Crippen molar-refractivity contribution < 1.29 is 27.1 Å². The minimum absolute atomic E-state index is 0.0808. The fourth-order valence-corrected chi connectivity index (χ4v) is 5.54. The Balaban J connectivity index is 2.05. The number of carbonyl (C=O) groups is 2. The average Bonchev–Trinajstić information content (AvgIpc) is 2.90. The second-order valence-electron chi connectivity index (χ2n) is 10.4. The van der Waals surface area contributed by atoms with Crippen molar-refractivity contribution in [1.29, 1.82) is 0 Å². The van der Waals surface area contributed by atoms with Gasteiger partial charge in [0.05, 0.1) is 17.2 Å². The fourth-order valence-electron chi connectivity index (χ4n) is 4.00. The molecule has 0 saturated carbocycles. The predicted octanol–water partition coefficient (Wildman–Crippen LogP) is 5.41. The van der Waals surface area contributed by atoms with E-state index in [0.717, 1.165) is 4.31 Å². The molecule has 41 heavy (non-hydrogen) atoms. The highest BCUT2D eigenvalue weighted by Crippen LogP contribution is 2.27. The van der Waals surface area contributed by atoms with E-state index in [4.69, 9.17) is 16.3 Å². The van der Waals surface area contributed by atoms with Crippen LogP contribution in [0.5, 0.6) is 5.75 Å². The first-order chi connectivity index (χ1) is 19.2. The highest BCUT2D eigenvalue weighted by atomic mass is 35.5. The van der Waals surface area contributed by atoms with Gasteiger partial charge in [-0.3, -0.25) is 13.9 Å². The Bertz CT molecular complexity index is 1460. The van der Waals surface area contributed by atoms with E-state index >= 15 is 0 Å². The summed E-state index contributed by atoms with van der Waals surface area (Å²) in [7, 11) is -4.27. The first-order valence-electron chi connectivity index (χ1n) is 13.1. The third-order valence-corrected chi connectivity index (χ3v) is 8.12. The zero-order chi connectivity index (χ0) is 30.4. The van der Waals surface area contributed by atoms with E-state index in [-0.39, 0.29) is 22.7 Å². The van der Waals surface area contributed by atoms with Crippen LogP contribution in [0.15, 0.2) is 77.7 Å². The number of ether oxygens (including phenoxy) is 1. The molecule has 0 aliphatic heterocycles. The quantitative estimate of drug-likeness (QED) is 0.316. The molecule has 0 heterocycles. The summed E-state index contributed by atoms with van der Waals surface area (Å²) in [5, 5.41) is 3.18. The van der Waals surface area contributed by atoms with E-state index in [2.05, 4.69) is 5.32 Å². The van der Waals surface area contributed by atoms with E-state index in [9.17, 15) is 22.4 Å². The number of hydrogen-bond acceptors (Lipinski definition) is 5. The van der Waals surface area contributed by atoms with Gasteiger partial charge < -0.3 is 15.0 Å². The van der Waals surface area contributed by atoms with Gasteiger partial charge in [-0.1, -0.05) is 29.8 Å². The van der Waals surface area contributed by atoms with Crippen molar-refractivity contribution in [3.05, 3.63) is 89.2 Å². The van der Waals surface area contributed by atoms with Gasteiger partial charge in [-0.15, -0.1) is 0 Å². The second kappa shape index (κ2) is 13.4. The number of rotatable bonds is 11. The van der Waals surface area contributed by atoms with Crippen molar-refractivity contribution in [3.8, 4) is 5.75 Å². The number of anilines is 1. The van der Waals surface area contributed by atoms with Gasteiger partial charge in [-0.05, 0) is 89.2 Å². The summed E-state index contributed by atoms with van der Waals surface area (Å²) in [5.74, 6) is -1.18. The molecule has 0 saturated heterocycles. The number of nitrogens with one attached hydrogen (secondary N) is 1. The molecular formula is C30H35ClFN3O5S. The highest BCUT2D eigenvalue weighted by molar-refractivity contribution is 7.92. The Hall–Kier alpha value is -3.63. The van der Waals surface area contributed by atoms with Gasteiger partial charge in [0, 0.05) is 22.7 Å². The molecular weight excluding hydrogens is 569 g/mol. The molecule has 3 rings (SSSR count). The van der Waals surface area contributed by atoms with E-state index < -0.39 is 45.8 Å². The van der Waals surface area contributed by atoms with Gasteiger partial charge >= 0.3 is 0 Å². The molecule has 8 nitrogen and oxygen atoms in total. The first-order valence-corrected chi connectivity index (χ1v) is 14.9. The molecule has 0 unspecified atom stereocenters. The molecule has 0 aliphatic rings. The Kier molecular flexibility index (Phi) is 10.4. The van der Waals surface area contributed by atoms with Gasteiger partial charge in [0.15, 0.2) is 0 Å². The molecule has 0 aromatic heterocycles. The largest absolute Gasteiger partial charge is 0.494 e. The summed E-state index contributed by atoms with van der Waals surface area (Å²) in [4.78, 5) is 28.2. The van der Waals surface area contributed by atoms with Gasteiger partial charge in [-0.25, -0.2) is 12.8 Å². The number of halogens is 2. The van der Waals surface area contributed by atoms with Crippen LogP contribution < -0.4 is 14.4 Å². The van der Waals surface area contributed by atoms with Crippen LogP contribution in [0.4, 0.5) is 10.1 Å². The van der Waals surface area contributed by atoms with Crippen LogP contribution >= 0.6 is 11.6 Å². The Morgan fingerprint density at radius 1 is 1.00 bits per heavy atom. The van der Waals surface area contributed by atoms with Crippen LogP contribution in [0.1, 0.15) is 40.2 Å². The van der Waals surface area contributed by atoms with Crippen molar-refractivity contribution in [2.75, 3.05) is 17.5 Å². The number of sulfonamides is 1. The molecule has 3 aromatic rings. The maximum Gasteiger partial charge on any atom is 0.264 e. The maximum atomic E-state index is 14.7. The molecule has 0 bridgehead atoms. The minimum Gasteiger partial charge on any atom is -0.494 e. The van der Waals surface area contributed by atoms with Crippen molar-refractivity contribution in [1.82, 2.24) is 10.2 Å². The highest BCUT2D eigenvalue weighted by Gasteiger charge is 2.33. The zero-order valence-corrected chi connectivity index (χ0v) is 25.3.